The first-order valence-electron chi connectivity index (χ1n) is 11.4. The SMILES string of the molecule is O=C(O)C(CCC(F)(F)C(F)(F)C(F)(F)C(F)(F)C(F)(F)C(F)(F)F)=C(CCC(F)(F)C(F)(F)C(F)(F)C(F)(F)C(F)(F)C(F)(F)F)C(=O)O. The highest BCUT2D eigenvalue weighted by atomic mass is 19.4. The topological polar surface area (TPSA) is 74.6 Å². The summed E-state index contributed by atoms with van der Waals surface area (Å²) in [5, 5.41) is 17.8. The van der Waals surface area contributed by atoms with Crippen LogP contribution in [0.1, 0.15) is 25.7 Å². The van der Waals surface area contributed by atoms with Gasteiger partial charge in [0.2, 0.25) is 0 Å². The van der Waals surface area contributed by atoms with Crippen LogP contribution < -0.4 is 0 Å². The molecular weight excluding hydrogens is 798 g/mol. The lowest BCUT2D eigenvalue weighted by molar-refractivity contribution is -0.440. The third-order valence-electron chi connectivity index (χ3n) is 6.26. The third-order valence-corrected chi connectivity index (χ3v) is 6.26. The molecule has 0 radical (unpaired) electrons. The summed E-state index contributed by atoms with van der Waals surface area (Å²) in [6.07, 6.45) is -28.8. The molecule has 0 saturated carbocycles. The first-order valence-corrected chi connectivity index (χ1v) is 11.4. The number of aliphatic carboxylic acids is 2. The van der Waals surface area contributed by atoms with Gasteiger partial charge in [0.25, 0.3) is 0 Å². The second-order valence-electron chi connectivity index (χ2n) is 9.57. The fourth-order valence-electron chi connectivity index (χ4n) is 3.26. The molecule has 296 valence electrons. The highest BCUT2D eigenvalue weighted by molar-refractivity contribution is 5.98. The molecule has 0 heterocycles. The zero-order valence-corrected chi connectivity index (χ0v) is 22.4. The van der Waals surface area contributed by atoms with Crippen molar-refractivity contribution >= 4 is 11.9 Å². The van der Waals surface area contributed by atoms with E-state index in [1.165, 1.54) is 0 Å². The Morgan fingerprint density at radius 1 is 0.320 bits per heavy atom. The van der Waals surface area contributed by atoms with E-state index in [4.69, 9.17) is 10.2 Å². The molecule has 50 heavy (non-hydrogen) atoms. The van der Waals surface area contributed by atoms with E-state index >= 15 is 0 Å². The smallest absolute Gasteiger partial charge is 0.460 e. The van der Waals surface area contributed by atoms with E-state index < -0.39 is 120 Å². The van der Waals surface area contributed by atoms with Crippen LogP contribution in [0.5, 0.6) is 0 Å². The molecule has 0 aromatic carbocycles. The highest BCUT2D eigenvalue weighted by Crippen LogP contribution is 2.62. The minimum absolute atomic E-state index is 2.71. The number of carbonyl (C=O) groups is 2. The molecule has 0 aliphatic rings. The average molecular weight is 808 g/mol. The van der Waals surface area contributed by atoms with Gasteiger partial charge in [-0.15, -0.1) is 0 Å². The second-order valence-corrected chi connectivity index (χ2v) is 9.57. The Hall–Kier alpha value is -3.14. The van der Waals surface area contributed by atoms with Crippen molar-refractivity contribution < 1.29 is 134 Å². The molecule has 0 aromatic rings. The van der Waals surface area contributed by atoms with Crippen LogP contribution >= 0.6 is 0 Å². The normalized spacial score (nSPS) is 16.4. The molecule has 0 aromatic heterocycles. The Morgan fingerprint density at radius 2 is 0.500 bits per heavy atom. The quantitative estimate of drug-likeness (QED) is 0.120. The van der Waals surface area contributed by atoms with E-state index in [9.17, 15) is 124 Å². The molecular formula is C20H10F26O4. The highest BCUT2D eigenvalue weighted by Gasteiger charge is 2.92. The molecule has 30 heteroatoms. The lowest BCUT2D eigenvalue weighted by atomic mass is 9.88. The predicted molar refractivity (Wildman–Crippen MR) is 102 cm³/mol. The molecule has 0 amide bonds. The van der Waals surface area contributed by atoms with Crippen LogP contribution in [0.2, 0.25) is 0 Å². The molecule has 4 nitrogen and oxygen atoms in total. The van der Waals surface area contributed by atoms with E-state index in [0.717, 1.165) is 0 Å². The molecule has 0 aliphatic carbocycles. The summed E-state index contributed by atoms with van der Waals surface area (Å²) in [6.45, 7) is 0. The van der Waals surface area contributed by atoms with E-state index in [-0.39, 0.29) is 0 Å². The maximum atomic E-state index is 14.0. The van der Waals surface area contributed by atoms with Gasteiger partial charge in [0, 0.05) is 24.0 Å². The first kappa shape index (κ1) is 46.9. The number of alkyl halides is 26. The van der Waals surface area contributed by atoms with Gasteiger partial charge < -0.3 is 10.2 Å². The summed E-state index contributed by atoms with van der Waals surface area (Å²) in [7, 11) is 0. The van der Waals surface area contributed by atoms with Crippen molar-refractivity contribution in [3.05, 3.63) is 11.1 Å². The summed E-state index contributed by atoms with van der Waals surface area (Å²) >= 11 is 0. The van der Waals surface area contributed by atoms with Crippen molar-refractivity contribution in [2.75, 3.05) is 0 Å². The Kier molecular flexibility index (Phi) is 12.0. The maximum absolute atomic E-state index is 14.0. The van der Waals surface area contributed by atoms with Crippen molar-refractivity contribution in [2.24, 2.45) is 0 Å². The van der Waals surface area contributed by atoms with Gasteiger partial charge in [-0.05, 0) is 12.8 Å². The van der Waals surface area contributed by atoms with E-state index in [2.05, 4.69) is 0 Å². The lowest BCUT2D eigenvalue weighted by Gasteiger charge is -2.40. The average Bonchev–Trinajstić information content (AvgIpc) is 2.87. The number of hydrogen-bond acceptors (Lipinski definition) is 2. The van der Waals surface area contributed by atoms with Crippen LogP contribution in [-0.2, 0) is 9.59 Å². The van der Waals surface area contributed by atoms with Crippen LogP contribution in [0.25, 0.3) is 0 Å². The van der Waals surface area contributed by atoms with Crippen LogP contribution in [0.3, 0.4) is 0 Å². The minimum Gasteiger partial charge on any atom is -0.478 e. The van der Waals surface area contributed by atoms with Gasteiger partial charge in [0.05, 0.1) is 0 Å². The van der Waals surface area contributed by atoms with Crippen molar-refractivity contribution in [1.82, 2.24) is 0 Å². The predicted octanol–water partition coefficient (Wildman–Crippen LogP) is 9.49. The molecule has 0 bridgehead atoms. The van der Waals surface area contributed by atoms with Gasteiger partial charge in [-0.3, -0.25) is 0 Å². The maximum Gasteiger partial charge on any atom is 0.460 e. The summed E-state index contributed by atoms with van der Waals surface area (Å²) in [6, 6.07) is 0. The van der Waals surface area contributed by atoms with Gasteiger partial charge in [-0.2, -0.15) is 114 Å². The molecule has 0 saturated heterocycles. The fraction of sp³-hybridized carbons (Fsp3) is 0.800. The van der Waals surface area contributed by atoms with Crippen LogP contribution in [-0.4, -0.2) is 93.7 Å². The van der Waals surface area contributed by atoms with E-state index in [1.54, 1.807) is 0 Å². The van der Waals surface area contributed by atoms with Crippen molar-refractivity contribution in [2.45, 2.75) is 97.3 Å². The molecule has 0 spiro atoms. The Morgan fingerprint density at radius 3 is 0.660 bits per heavy atom. The number of carboxylic acid groups (broad SMARTS) is 2. The second kappa shape index (κ2) is 12.8. The van der Waals surface area contributed by atoms with Gasteiger partial charge in [0.15, 0.2) is 0 Å². The monoisotopic (exact) mass is 808 g/mol. The van der Waals surface area contributed by atoms with E-state index in [0.29, 0.717) is 0 Å². The zero-order valence-electron chi connectivity index (χ0n) is 22.4. The molecule has 0 aliphatic heterocycles. The Balaban J connectivity index is 6.86. The summed E-state index contributed by atoms with van der Waals surface area (Å²) in [5.74, 6) is -87.4. The molecule has 0 atom stereocenters. The van der Waals surface area contributed by atoms with Gasteiger partial charge in [-0.1, -0.05) is 0 Å². The molecule has 0 rings (SSSR count). The van der Waals surface area contributed by atoms with Crippen LogP contribution in [0.4, 0.5) is 114 Å². The zero-order chi connectivity index (χ0) is 41.1. The first-order chi connectivity index (χ1) is 21.3. The lowest BCUT2D eigenvalue weighted by Crippen LogP contribution is -2.70. The number of hydrogen-bond donors (Lipinski definition) is 2. The summed E-state index contributed by atoms with van der Waals surface area (Å²) in [4.78, 5) is 22.5. The Bertz CT molecular complexity index is 1210. The molecule has 0 fully saturated rings. The number of rotatable bonds is 16. The van der Waals surface area contributed by atoms with Crippen LogP contribution in [0.15, 0.2) is 11.1 Å². The number of halogens is 26. The standard InChI is InChI=1S/C20H10F26O4/c21-9(22,11(25,26)13(29,30)15(33,34)17(37,38)19(41,42)43)3-1-5(7(47)48)6(8(49)50)2-4-10(23,24)12(27,28)14(31,32)16(35,36)18(39,40)20(44,45)46/h1-4H2,(H,47,48)(H,49,50). The fourth-order valence-corrected chi connectivity index (χ4v) is 3.26. The Labute approximate surface area is 255 Å². The van der Waals surface area contributed by atoms with Crippen molar-refractivity contribution in [3.63, 3.8) is 0 Å². The summed E-state index contributed by atoms with van der Waals surface area (Å²) in [5.41, 5.74) is -5.41. The minimum atomic E-state index is -8.48. The third kappa shape index (κ3) is 7.02. The van der Waals surface area contributed by atoms with Crippen LogP contribution in [0, 0.1) is 0 Å². The summed E-state index contributed by atoms with van der Waals surface area (Å²) < 4.78 is 343. The van der Waals surface area contributed by atoms with Gasteiger partial charge in [0.1, 0.15) is 0 Å². The van der Waals surface area contributed by atoms with Crippen molar-refractivity contribution in [3.8, 4) is 0 Å². The molecule has 2 N–H and O–H groups in total. The largest absolute Gasteiger partial charge is 0.478 e. The van der Waals surface area contributed by atoms with Crippen molar-refractivity contribution in [1.29, 1.82) is 0 Å². The van der Waals surface area contributed by atoms with E-state index in [1.807, 2.05) is 0 Å². The number of carboxylic acids is 2. The van der Waals surface area contributed by atoms with Gasteiger partial charge in [-0.25, -0.2) is 9.59 Å². The molecule has 0 unspecified atom stereocenters. The van der Waals surface area contributed by atoms with Gasteiger partial charge >= 0.3 is 83.5 Å².